The number of nitrogens with zero attached hydrogens (tertiary/aromatic N) is 1. The fourth-order valence-electron chi connectivity index (χ4n) is 1.92. The van der Waals surface area contributed by atoms with Gasteiger partial charge in [-0.3, -0.25) is 0 Å². The van der Waals surface area contributed by atoms with E-state index in [9.17, 15) is 4.39 Å². The molecule has 2 nitrogen and oxygen atoms in total. The van der Waals surface area contributed by atoms with Crippen LogP contribution in [0.2, 0.25) is 0 Å². The predicted octanol–water partition coefficient (Wildman–Crippen LogP) is 4.44. The molecule has 1 N–H and O–H groups in total. The van der Waals surface area contributed by atoms with Crippen molar-refractivity contribution in [2.75, 3.05) is 0 Å². The van der Waals surface area contributed by atoms with E-state index in [2.05, 4.69) is 25.9 Å². The molecular formula is C14H10BrFN2. The lowest BCUT2D eigenvalue weighted by atomic mass is 10.1. The number of rotatable bonds is 1. The van der Waals surface area contributed by atoms with Crippen molar-refractivity contribution in [2.45, 2.75) is 6.92 Å². The molecule has 0 aliphatic heterocycles. The average molecular weight is 305 g/mol. The lowest BCUT2D eigenvalue weighted by Crippen LogP contribution is -1.88. The molecule has 1 aromatic heterocycles. The maximum Gasteiger partial charge on any atom is 0.139 e. The molecule has 0 fully saturated rings. The fraction of sp³-hybridized carbons (Fsp3) is 0.0714. The van der Waals surface area contributed by atoms with Gasteiger partial charge in [-0.2, -0.15) is 0 Å². The van der Waals surface area contributed by atoms with E-state index in [0.717, 1.165) is 22.4 Å². The van der Waals surface area contributed by atoms with Gasteiger partial charge in [-0.15, -0.1) is 0 Å². The van der Waals surface area contributed by atoms with Crippen molar-refractivity contribution in [1.82, 2.24) is 9.97 Å². The van der Waals surface area contributed by atoms with Gasteiger partial charge in [-0.05, 0) is 52.7 Å². The van der Waals surface area contributed by atoms with Gasteiger partial charge in [-0.25, -0.2) is 9.37 Å². The first-order valence-electron chi connectivity index (χ1n) is 5.56. The summed E-state index contributed by atoms with van der Waals surface area (Å²) in [7, 11) is 0. The number of para-hydroxylation sites is 2. The van der Waals surface area contributed by atoms with E-state index in [-0.39, 0.29) is 5.82 Å². The van der Waals surface area contributed by atoms with Crippen molar-refractivity contribution < 1.29 is 4.39 Å². The molecule has 4 heteroatoms. The normalized spacial score (nSPS) is 11.1. The van der Waals surface area contributed by atoms with Crippen LogP contribution < -0.4 is 0 Å². The van der Waals surface area contributed by atoms with Crippen LogP contribution in [-0.2, 0) is 0 Å². The molecular weight excluding hydrogens is 295 g/mol. The number of halogens is 2. The number of hydrogen-bond donors (Lipinski definition) is 1. The zero-order valence-electron chi connectivity index (χ0n) is 9.67. The molecule has 0 spiro atoms. The van der Waals surface area contributed by atoms with Crippen molar-refractivity contribution in [2.24, 2.45) is 0 Å². The number of aromatic amines is 1. The predicted molar refractivity (Wildman–Crippen MR) is 73.9 cm³/mol. The minimum absolute atomic E-state index is 0.221. The zero-order chi connectivity index (χ0) is 12.7. The van der Waals surface area contributed by atoms with E-state index in [0.29, 0.717) is 10.0 Å². The summed E-state index contributed by atoms with van der Waals surface area (Å²) in [5, 5.41) is 0. The van der Waals surface area contributed by atoms with E-state index < -0.39 is 0 Å². The van der Waals surface area contributed by atoms with E-state index in [1.165, 1.54) is 6.07 Å². The third kappa shape index (κ3) is 1.82. The van der Waals surface area contributed by atoms with Crippen LogP contribution in [-0.4, -0.2) is 9.97 Å². The second-order valence-corrected chi connectivity index (χ2v) is 5.04. The van der Waals surface area contributed by atoms with Gasteiger partial charge in [0.1, 0.15) is 11.6 Å². The molecule has 3 rings (SSSR count). The Kier molecular flexibility index (Phi) is 2.67. The molecule has 0 bridgehead atoms. The first-order chi connectivity index (χ1) is 8.65. The third-order valence-corrected chi connectivity index (χ3v) is 3.55. The highest BCUT2D eigenvalue weighted by atomic mass is 79.9. The van der Waals surface area contributed by atoms with E-state index in [1.807, 2.05) is 24.3 Å². The SMILES string of the molecule is Cc1cc(-c2nc3ccccc3[nH]2)c(Br)cc1F. The Morgan fingerprint density at radius 1 is 1.22 bits per heavy atom. The number of aromatic nitrogens is 2. The molecule has 0 unspecified atom stereocenters. The first-order valence-corrected chi connectivity index (χ1v) is 6.35. The average Bonchev–Trinajstić information content (AvgIpc) is 2.77. The van der Waals surface area contributed by atoms with Gasteiger partial charge < -0.3 is 4.98 Å². The summed E-state index contributed by atoms with van der Waals surface area (Å²) in [4.78, 5) is 7.74. The number of hydrogen-bond acceptors (Lipinski definition) is 1. The van der Waals surface area contributed by atoms with Crippen molar-refractivity contribution >= 4 is 27.0 Å². The molecule has 0 amide bonds. The van der Waals surface area contributed by atoms with Crippen molar-refractivity contribution in [3.8, 4) is 11.4 Å². The van der Waals surface area contributed by atoms with Gasteiger partial charge in [0.2, 0.25) is 0 Å². The number of fused-ring (bicyclic) bond motifs is 1. The quantitative estimate of drug-likeness (QED) is 0.707. The highest BCUT2D eigenvalue weighted by Crippen LogP contribution is 2.30. The van der Waals surface area contributed by atoms with Crippen LogP contribution in [0, 0.1) is 12.7 Å². The smallest absolute Gasteiger partial charge is 0.139 e. The van der Waals surface area contributed by atoms with Crippen molar-refractivity contribution in [1.29, 1.82) is 0 Å². The summed E-state index contributed by atoms with van der Waals surface area (Å²) in [5.74, 6) is 0.521. The largest absolute Gasteiger partial charge is 0.338 e. The number of imidazole rings is 1. The number of benzene rings is 2. The lowest BCUT2D eigenvalue weighted by molar-refractivity contribution is 0.618. The second-order valence-electron chi connectivity index (χ2n) is 4.18. The van der Waals surface area contributed by atoms with E-state index in [4.69, 9.17) is 0 Å². The van der Waals surface area contributed by atoms with E-state index >= 15 is 0 Å². The second kappa shape index (κ2) is 4.21. The Balaban J connectivity index is 2.22. The molecule has 3 aromatic rings. The standard InChI is InChI=1S/C14H10BrFN2/c1-8-6-9(10(15)7-11(8)16)14-17-12-4-2-3-5-13(12)18-14/h2-7H,1H3,(H,17,18). The van der Waals surface area contributed by atoms with Gasteiger partial charge in [0.25, 0.3) is 0 Å². The minimum atomic E-state index is -0.221. The maximum atomic E-state index is 13.4. The highest BCUT2D eigenvalue weighted by molar-refractivity contribution is 9.10. The lowest BCUT2D eigenvalue weighted by Gasteiger charge is -2.03. The monoisotopic (exact) mass is 304 g/mol. The van der Waals surface area contributed by atoms with Gasteiger partial charge in [-0.1, -0.05) is 12.1 Å². The molecule has 90 valence electrons. The number of nitrogens with one attached hydrogen (secondary N) is 1. The molecule has 2 aromatic carbocycles. The van der Waals surface area contributed by atoms with Crippen LogP contribution >= 0.6 is 15.9 Å². The van der Waals surface area contributed by atoms with E-state index in [1.54, 1.807) is 13.0 Å². The first kappa shape index (κ1) is 11.4. The summed E-state index contributed by atoms with van der Waals surface area (Å²) < 4.78 is 14.1. The Bertz CT molecular complexity index is 701. The maximum absolute atomic E-state index is 13.4. The van der Waals surface area contributed by atoms with Crippen molar-refractivity contribution in [3.05, 3.63) is 52.3 Å². The van der Waals surface area contributed by atoms with Crippen LogP contribution in [0.1, 0.15) is 5.56 Å². The number of H-pyrrole nitrogens is 1. The van der Waals surface area contributed by atoms with Crippen LogP contribution in [0.25, 0.3) is 22.4 Å². The molecule has 0 atom stereocenters. The van der Waals surface area contributed by atoms with Gasteiger partial charge in [0.15, 0.2) is 0 Å². The van der Waals surface area contributed by atoms with Crippen LogP contribution in [0.15, 0.2) is 40.9 Å². The van der Waals surface area contributed by atoms with Gasteiger partial charge in [0, 0.05) is 10.0 Å². The summed E-state index contributed by atoms with van der Waals surface area (Å²) in [6, 6.07) is 11.1. The molecule has 0 saturated carbocycles. The van der Waals surface area contributed by atoms with Crippen LogP contribution in [0.3, 0.4) is 0 Å². The molecule has 0 radical (unpaired) electrons. The summed E-state index contributed by atoms with van der Waals surface area (Å²) in [6.45, 7) is 1.74. The molecule has 0 aliphatic carbocycles. The number of aryl methyl sites for hydroxylation is 1. The van der Waals surface area contributed by atoms with Crippen LogP contribution in [0.5, 0.6) is 0 Å². The highest BCUT2D eigenvalue weighted by Gasteiger charge is 2.11. The Morgan fingerprint density at radius 2 is 2.00 bits per heavy atom. The molecule has 18 heavy (non-hydrogen) atoms. The Labute approximate surface area is 112 Å². The molecule has 0 saturated heterocycles. The summed E-state index contributed by atoms with van der Waals surface area (Å²) >= 11 is 3.38. The zero-order valence-corrected chi connectivity index (χ0v) is 11.3. The van der Waals surface area contributed by atoms with Gasteiger partial charge >= 0.3 is 0 Å². The van der Waals surface area contributed by atoms with Crippen molar-refractivity contribution in [3.63, 3.8) is 0 Å². The topological polar surface area (TPSA) is 28.7 Å². The Hall–Kier alpha value is -1.68. The van der Waals surface area contributed by atoms with Gasteiger partial charge in [0.05, 0.1) is 11.0 Å². The summed E-state index contributed by atoms with van der Waals surface area (Å²) in [6.07, 6.45) is 0. The summed E-state index contributed by atoms with van der Waals surface area (Å²) in [5.41, 5.74) is 3.35. The Morgan fingerprint density at radius 3 is 2.78 bits per heavy atom. The minimum Gasteiger partial charge on any atom is -0.338 e. The molecule has 1 heterocycles. The third-order valence-electron chi connectivity index (χ3n) is 2.89. The fourth-order valence-corrected chi connectivity index (χ4v) is 2.42. The van der Waals surface area contributed by atoms with Crippen LogP contribution in [0.4, 0.5) is 4.39 Å². The molecule has 0 aliphatic rings.